The highest BCUT2D eigenvalue weighted by Crippen LogP contribution is 2.14. The third-order valence-corrected chi connectivity index (χ3v) is 9.43. The van der Waals surface area contributed by atoms with Crippen LogP contribution in [0, 0.1) is 41.5 Å². The van der Waals surface area contributed by atoms with Gasteiger partial charge in [-0.15, -0.1) is 0 Å². The van der Waals surface area contributed by atoms with E-state index < -0.39 is 8.24 Å². The van der Waals surface area contributed by atoms with Crippen molar-refractivity contribution >= 4 is 23.8 Å². The quantitative estimate of drug-likeness (QED) is 0.502. The van der Waals surface area contributed by atoms with Crippen LogP contribution in [0.4, 0.5) is 0 Å². The first-order valence-corrected chi connectivity index (χ1v) is 11.2. The summed E-state index contributed by atoms with van der Waals surface area (Å²) in [6.07, 6.45) is 0. The van der Waals surface area contributed by atoms with E-state index in [1.165, 1.54) is 48.9 Å². The molecule has 0 aliphatic heterocycles. The lowest BCUT2D eigenvalue weighted by atomic mass is 10.1. The first-order chi connectivity index (χ1) is 12.2. The maximum absolute atomic E-state index is 10.00. The summed E-state index contributed by atoms with van der Waals surface area (Å²) in [6, 6.07) is 19.7. The van der Waals surface area contributed by atoms with Crippen LogP contribution < -0.4 is 21.0 Å². The smallest absolute Gasteiger partial charge is 0.235 e. The fraction of sp³-hybridized carbons (Fsp3) is 0.250. The molecule has 26 heavy (non-hydrogen) atoms. The van der Waals surface area contributed by atoms with Crippen molar-refractivity contribution in [2.45, 2.75) is 41.5 Å². The Kier molecular flexibility index (Phi) is 4.91. The van der Waals surface area contributed by atoms with Gasteiger partial charge in [-0.2, -0.15) is 0 Å². The molecular formula is C24H28NSi. The minimum absolute atomic E-state index is 1.21. The minimum Gasteiger partial charge on any atom is -0.271 e. The molecule has 1 radical (unpaired) electrons. The Morgan fingerprint density at radius 2 is 0.769 bits per heavy atom. The monoisotopic (exact) mass is 358 g/mol. The van der Waals surface area contributed by atoms with E-state index >= 15 is 0 Å². The van der Waals surface area contributed by atoms with Gasteiger partial charge >= 0.3 is 0 Å². The first-order valence-electron chi connectivity index (χ1n) is 9.21. The molecule has 3 rings (SSSR count). The van der Waals surface area contributed by atoms with Crippen LogP contribution in [-0.4, -0.2) is 8.24 Å². The minimum atomic E-state index is -2.86. The number of aryl methyl sites for hydroxylation is 6. The molecule has 3 aromatic carbocycles. The molecule has 2 heteroatoms. The Hall–Kier alpha value is -2.16. The predicted molar refractivity (Wildman–Crippen MR) is 116 cm³/mol. The molecule has 1 N–H and O–H groups in total. The highest BCUT2D eigenvalue weighted by atomic mass is 28.3. The van der Waals surface area contributed by atoms with Gasteiger partial charge in [0.25, 0.3) is 0 Å². The average Bonchev–Trinajstić information content (AvgIpc) is 2.60. The second-order valence-corrected chi connectivity index (χ2v) is 10.8. The number of hydrogen-bond acceptors (Lipinski definition) is 0. The molecular weight excluding hydrogens is 330 g/mol. The standard InChI is InChI=1S/C24H28NSi/c1-16-7-10-19(4)22(13-16)26(25,23-14-17(2)8-11-20(23)5)24-15-18(3)9-12-21(24)6/h7-15,25H,1-6H3. The Labute approximate surface area is 159 Å². The second-order valence-electron chi connectivity index (χ2n) is 7.71. The molecule has 3 aromatic rings. The summed E-state index contributed by atoms with van der Waals surface area (Å²) >= 11 is 0. The van der Waals surface area contributed by atoms with Crippen molar-refractivity contribution in [2.75, 3.05) is 0 Å². The third kappa shape index (κ3) is 3.15. The molecule has 0 saturated heterocycles. The summed E-state index contributed by atoms with van der Waals surface area (Å²) in [5.74, 6) is 0. The number of benzene rings is 3. The summed E-state index contributed by atoms with van der Waals surface area (Å²) < 4.78 is 0. The maximum atomic E-state index is 10.00. The summed E-state index contributed by atoms with van der Waals surface area (Å²) in [4.78, 5) is 0. The van der Waals surface area contributed by atoms with Crippen molar-refractivity contribution in [2.24, 2.45) is 0 Å². The van der Waals surface area contributed by atoms with Crippen LogP contribution in [0.2, 0.25) is 0 Å². The zero-order valence-electron chi connectivity index (χ0n) is 16.7. The number of nitrogens with one attached hydrogen (secondary N) is 1. The molecule has 0 bridgehead atoms. The van der Waals surface area contributed by atoms with Gasteiger partial charge in [-0.25, -0.2) is 0 Å². The highest BCUT2D eigenvalue weighted by Gasteiger charge is 2.40. The molecule has 0 fully saturated rings. The van der Waals surface area contributed by atoms with E-state index in [2.05, 4.69) is 96.1 Å². The van der Waals surface area contributed by atoms with Crippen LogP contribution in [0.1, 0.15) is 33.4 Å². The van der Waals surface area contributed by atoms with Crippen LogP contribution >= 0.6 is 0 Å². The molecule has 0 aliphatic rings. The lowest BCUT2D eigenvalue weighted by Gasteiger charge is -2.32. The number of hydrogen-bond donors (Lipinski definition) is 0. The van der Waals surface area contributed by atoms with Crippen LogP contribution in [0.25, 0.3) is 0 Å². The zero-order valence-corrected chi connectivity index (χ0v) is 17.7. The van der Waals surface area contributed by atoms with Gasteiger partial charge in [-0.3, -0.25) is 5.40 Å². The van der Waals surface area contributed by atoms with Gasteiger partial charge in [-0.1, -0.05) is 71.3 Å². The van der Waals surface area contributed by atoms with Gasteiger partial charge < -0.3 is 0 Å². The van der Waals surface area contributed by atoms with Crippen molar-refractivity contribution in [1.82, 2.24) is 5.40 Å². The third-order valence-electron chi connectivity index (χ3n) is 5.39. The maximum Gasteiger partial charge on any atom is 0.235 e. The molecule has 0 aliphatic carbocycles. The van der Waals surface area contributed by atoms with E-state index in [1.807, 2.05) is 0 Å². The SMILES string of the molecule is Cc1ccc(C)c([Si]([NH])(c2cc(C)ccc2C)c2cc(C)ccc2C)c1. The van der Waals surface area contributed by atoms with Gasteiger partial charge in [0.15, 0.2) is 0 Å². The largest absolute Gasteiger partial charge is 0.271 e. The molecule has 0 heterocycles. The molecule has 0 saturated carbocycles. The normalized spacial score (nSPS) is 11.7. The summed E-state index contributed by atoms with van der Waals surface area (Å²) in [5.41, 5.74) is 7.35. The summed E-state index contributed by atoms with van der Waals surface area (Å²) in [6.45, 7) is 12.8. The van der Waals surface area contributed by atoms with E-state index in [0.29, 0.717) is 0 Å². The fourth-order valence-corrected chi connectivity index (χ4v) is 8.08. The summed E-state index contributed by atoms with van der Waals surface area (Å²) in [5, 5.41) is 13.6. The fourth-order valence-electron chi connectivity index (χ4n) is 3.85. The van der Waals surface area contributed by atoms with Crippen molar-refractivity contribution in [3.63, 3.8) is 0 Å². The number of rotatable bonds is 3. The van der Waals surface area contributed by atoms with E-state index in [0.717, 1.165) is 0 Å². The van der Waals surface area contributed by atoms with Crippen molar-refractivity contribution < 1.29 is 0 Å². The van der Waals surface area contributed by atoms with Gasteiger partial charge in [0.1, 0.15) is 0 Å². The topological polar surface area (TPSA) is 23.8 Å². The predicted octanol–water partition coefficient (Wildman–Crippen LogP) is 3.79. The van der Waals surface area contributed by atoms with Crippen molar-refractivity contribution in [1.29, 1.82) is 0 Å². The average molecular weight is 359 g/mol. The molecule has 133 valence electrons. The van der Waals surface area contributed by atoms with Crippen LogP contribution in [0.3, 0.4) is 0 Å². The van der Waals surface area contributed by atoms with E-state index in [9.17, 15) is 5.40 Å². The van der Waals surface area contributed by atoms with Crippen molar-refractivity contribution in [3.05, 3.63) is 88.0 Å². The summed E-state index contributed by atoms with van der Waals surface area (Å²) in [7, 11) is -2.86. The van der Waals surface area contributed by atoms with E-state index in [4.69, 9.17) is 0 Å². The van der Waals surface area contributed by atoms with Crippen LogP contribution in [-0.2, 0) is 0 Å². The molecule has 0 aromatic heterocycles. The van der Waals surface area contributed by atoms with Crippen molar-refractivity contribution in [3.8, 4) is 0 Å². The van der Waals surface area contributed by atoms with Gasteiger partial charge in [0, 0.05) is 0 Å². The van der Waals surface area contributed by atoms with Gasteiger partial charge in [0.2, 0.25) is 8.24 Å². The lowest BCUT2D eigenvalue weighted by Crippen LogP contribution is -2.71. The first kappa shape index (κ1) is 18.6. The Bertz CT molecular complexity index is 847. The van der Waals surface area contributed by atoms with E-state index in [1.54, 1.807) is 0 Å². The molecule has 0 spiro atoms. The molecule has 0 atom stereocenters. The van der Waals surface area contributed by atoms with Crippen LogP contribution in [0.15, 0.2) is 54.6 Å². The highest BCUT2D eigenvalue weighted by molar-refractivity contribution is 7.09. The van der Waals surface area contributed by atoms with E-state index in [-0.39, 0.29) is 0 Å². The zero-order chi connectivity index (χ0) is 19.1. The van der Waals surface area contributed by atoms with Crippen LogP contribution in [0.5, 0.6) is 0 Å². The lowest BCUT2D eigenvalue weighted by molar-refractivity contribution is 1.37. The molecule has 1 nitrogen and oxygen atoms in total. The second kappa shape index (κ2) is 6.86. The Balaban J connectivity index is 2.45. The van der Waals surface area contributed by atoms with Gasteiger partial charge in [-0.05, 0) is 73.8 Å². The Morgan fingerprint density at radius 1 is 0.500 bits per heavy atom. The Morgan fingerprint density at radius 3 is 1.04 bits per heavy atom. The molecule has 0 amide bonds. The van der Waals surface area contributed by atoms with Gasteiger partial charge in [0.05, 0.1) is 0 Å². The molecule has 0 unspecified atom stereocenters.